The summed E-state index contributed by atoms with van der Waals surface area (Å²) in [6.07, 6.45) is 6.92. The minimum Gasteiger partial charge on any atom is -0.330 e. The second kappa shape index (κ2) is 6.30. The minimum absolute atomic E-state index is 0.229. The van der Waals surface area contributed by atoms with Crippen molar-refractivity contribution in [1.29, 1.82) is 0 Å². The van der Waals surface area contributed by atoms with Crippen molar-refractivity contribution in [3.05, 3.63) is 34.9 Å². The van der Waals surface area contributed by atoms with Gasteiger partial charge in [0.25, 0.3) is 0 Å². The summed E-state index contributed by atoms with van der Waals surface area (Å²) >= 11 is 0. The first-order valence-electron chi connectivity index (χ1n) is 8.24. The fourth-order valence-electron chi connectivity index (χ4n) is 3.67. The first kappa shape index (κ1) is 15.6. The van der Waals surface area contributed by atoms with E-state index in [1.807, 2.05) is 0 Å². The number of rotatable bonds is 3. The van der Waals surface area contributed by atoms with E-state index in [4.69, 9.17) is 5.73 Å². The zero-order valence-corrected chi connectivity index (χ0v) is 13.7. The molecule has 2 rings (SSSR count). The summed E-state index contributed by atoms with van der Waals surface area (Å²) in [5.41, 5.74) is 10.7. The van der Waals surface area contributed by atoms with Crippen LogP contribution in [0.5, 0.6) is 0 Å². The third-order valence-corrected chi connectivity index (χ3v) is 5.01. The van der Waals surface area contributed by atoms with Crippen molar-refractivity contribution in [3.8, 4) is 0 Å². The molecule has 0 bridgehead atoms. The van der Waals surface area contributed by atoms with Crippen LogP contribution in [-0.2, 0) is 5.41 Å². The minimum atomic E-state index is 0.229. The van der Waals surface area contributed by atoms with E-state index < -0.39 is 0 Å². The first-order valence-corrected chi connectivity index (χ1v) is 8.24. The summed E-state index contributed by atoms with van der Waals surface area (Å²) in [7, 11) is 0. The lowest BCUT2D eigenvalue weighted by Gasteiger charge is -2.31. The largest absolute Gasteiger partial charge is 0.330 e. The molecule has 1 aliphatic carbocycles. The van der Waals surface area contributed by atoms with E-state index in [0.29, 0.717) is 5.92 Å². The Bertz CT molecular complexity index is 436. The van der Waals surface area contributed by atoms with E-state index in [0.717, 1.165) is 12.5 Å². The maximum Gasteiger partial charge on any atom is -0.000546 e. The fourth-order valence-corrected chi connectivity index (χ4v) is 3.67. The van der Waals surface area contributed by atoms with E-state index in [1.165, 1.54) is 48.8 Å². The van der Waals surface area contributed by atoms with Gasteiger partial charge in [0, 0.05) is 0 Å². The molecule has 0 aromatic heterocycles. The number of benzene rings is 1. The Hall–Kier alpha value is -0.820. The Labute approximate surface area is 125 Å². The molecule has 0 heterocycles. The van der Waals surface area contributed by atoms with Crippen molar-refractivity contribution in [3.63, 3.8) is 0 Å². The van der Waals surface area contributed by atoms with Gasteiger partial charge >= 0.3 is 0 Å². The molecular formula is C19H31N. The zero-order valence-electron chi connectivity index (χ0n) is 13.7. The van der Waals surface area contributed by atoms with Gasteiger partial charge in [0.05, 0.1) is 0 Å². The van der Waals surface area contributed by atoms with Crippen molar-refractivity contribution >= 4 is 0 Å². The molecule has 0 radical (unpaired) electrons. The van der Waals surface area contributed by atoms with Gasteiger partial charge in [-0.3, -0.25) is 0 Å². The number of nitrogens with two attached hydrogens (primary N) is 1. The van der Waals surface area contributed by atoms with Gasteiger partial charge in [-0.05, 0) is 60.3 Å². The monoisotopic (exact) mass is 273 g/mol. The number of hydrogen-bond donors (Lipinski definition) is 1. The van der Waals surface area contributed by atoms with Crippen LogP contribution in [0.4, 0.5) is 0 Å². The highest BCUT2D eigenvalue weighted by Gasteiger charge is 2.25. The predicted octanol–water partition coefficient (Wildman–Crippen LogP) is 4.92. The third-order valence-electron chi connectivity index (χ3n) is 5.01. The fraction of sp³-hybridized carbons (Fsp3) is 0.684. The Morgan fingerprint density at radius 1 is 1.15 bits per heavy atom. The van der Waals surface area contributed by atoms with Crippen molar-refractivity contribution in [2.75, 3.05) is 6.54 Å². The van der Waals surface area contributed by atoms with Crippen LogP contribution in [0.15, 0.2) is 18.2 Å². The van der Waals surface area contributed by atoms with Crippen LogP contribution in [0.25, 0.3) is 0 Å². The lowest BCUT2D eigenvalue weighted by Crippen LogP contribution is -2.24. The third kappa shape index (κ3) is 3.44. The van der Waals surface area contributed by atoms with E-state index in [1.54, 1.807) is 0 Å². The van der Waals surface area contributed by atoms with Gasteiger partial charge in [-0.1, -0.05) is 58.2 Å². The van der Waals surface area contributed by atoms with E-state index >= 15 is 0 Å². The van der Waals surface area contributed by atoms with Crippen molar-refractivity contribution in [2.24, 2.45) is 11.7 Å². The van der Waals surface area contributed by atoms with Crippen molar-refractivity contribution in [2.45, 2.75) is 71.1 Å². The second-order valence-corrected chi connectivity index (χ2v) is 7.56. The molecule has 112 valence electrons. The molecule has 1 fully saturated rings. The maximum absolute atomic E-state index is 6.13. The molecule has 1 saturated carbocycles. The topological polar surface area (TPSA) is 26.0 Å². The van der Waals surface area contributed by atoms with Gasteiger partial charge in [0.15, 0.2) is 0 Å². The number of aryl methyl sites for hydroxylation is 1. The molecule has 1 nitrogen and oxygen atoms in total. The van der Waals surface area contributed by atoms with Crippen molar-refractivity contribution < 1.29 is 0 Å². The van der Waals surface area contributed by atoms with Crippen LogP contribution in [0, 0.1) is 12.8 Å². The van der Waals surface area contributed by atoms with Crippen LogP contribution in [0.1, 0.15) is 75.5 Å². The standard InChI is InChI=1S/C19H31N/c1-14-12-16(19(2,3)4)10-11-17(14)18(13-20)15-8-6-5-7-9-15/h10-12,15,18H,5-9,13,20H2,1-4H3. The smallest absolute Gasteiger partial charge is 0.000546 e. The SMILES string of the molecule is Cc1cc(C(C)(C)C)ccc1C(CN)C1CCCCC1. The first-order chi connectivity index (χ1) is 9.43. The summed E-state index contributed by atoms with van der Waals surface area (Å²) < 4.78 is 0. The molecule has 20 heavy (non-hydrogen) atoms. The molecule has 1 aromatic carbocycles. The summed E-state index contributed by atoms with van der Waals surface area (Å²) in [5, 5.41) is 0. The zero-order chi connectivity index (χ0) is 14.8. The summed E-state index contributed by atoms with van der Waals surface area (Å²) in [6, 6.07) is 7.04. The molecule has 1 heteroatoms. The van der Waals surface area contributed by atoms with Gasteiger partial charge < -0.3 is 5.73 Å². The molecule has 2 N–H and O–H groups in total. The lowest BCUT2D eigenvalue weighted by molar-refractivity contribution is 0.307. The Kier molecular flexibility index (Phi) is 4.90. The maximum atomic E-state index is 6.13. The highest BCUT2D eigenvalue weighted by atomic mass is 14.6. The Morgan fingerprint density at radius 3 is 2.30 bits per heavy atom. The summed E-state index contributed by atoms with van der Waals surface area (Å²) in [4.78, 5) is 0. The summed E-state index contributed by atoms with van der Waals surface area (Å²) in [5.74, 6) is 1.36. The molecule has 0 amide bonds. The predicted molar refractivity (Wildman–Crippen MR) is 88.2 cm³/mol. The van der Waals surface area contributed by atoms with Gasteiger partial charge in [0.1, 0.15) is 0 Å². The van der Waals surface area contributed by atoms with Crippen molar-refractivity contribution in [1.82, 2.24) is 0 Å². The molecule has 1 aromatic rings. The van der Waals surface area contributed by atoms with Crippen LogP contribution in [0.3, 0.4) is 0 Å². The summed E-state index contributed by atoms with van der Waals surface area (Å²) in [6.45, 7) is 9.89. The van der Waals surface area contributed by atoms with Gasteiger partial charge in [0.2, 0.25) is 0 Å². The van der Waals surface area contributed by atoms with Crippen LogP contribution >= 0.6 is 0 Å². The molecule has 1 aliphatic rings. The van der Waals surface area contributed by atoms with Gasteiger partial charge in [-0.15, -0.1) is 0 Å². The van der Waals surface area contributed by atoms with Crippen LogP contribution in [-0.4, -0.2) is 6.54 Å². The van der Waals surface area contributed by atoms with E-state index in [2.05, 4.69) is 45.9 Å². The molecular weight excluding hydrogens is 242 g/mol. The quantitative estimate of drug-likeness (QED) is 0.831. The second-order valence-electron chi connectivity index (χ2n) is 7.56. The normalized spacial score (nSPS) is 19.1. The Morgan fingerprint density at radius 2 is 1.80 bits per heavy atom. The van der Waals surface area contributed by atoms with Crippen LogP contribution < -0.4 is 5.73 Å². The highest BCUT2D eigenvalue weighted by molar-refractivity contribution is 5.37. The highest BCUT2D eigenvalue weighted by Crippen LogP contribution is 2.37. The average Bonchev–Trinajstić information content (AvgIpc) is 2.41. The van der Waals surface area contributed by atoms with Gasteiger partial charge in [-0.2, -0.15) is 0 Å². The van der Waals surface area contributed by atoms with Gasteiger partial charge in [-0.25, -0.2) is 0 Å². The lowest BCUT2D eigenvalue weighted by atomic mass is 9.75. The molecule has 0 spiro atoms. The molecule has 0 aliphatic heterocycles. The van der Waals surface area contributed by atoms with E-state index in [9.17, 15) is 0 Å². The van der Waals surface area contributed by atoms with Crippen LogP contribution in [0.2, 0.25) is 0 Å². The molecule has 0 saturated heterocycles. The molecule has 1 unspecified atom stereocenters. The van der Waals surface area contributed by atoms with E-state index in [-0.39, 0.29) is 5.41 Å². The molecule has 1 atom stereocenters. The number of hydrogen-bond acceptors (Lipinski definition) is 1. The Balaban J connectivity index is 2.26. The average molecular weight is 273 g/mol.